The zero-order valence-electron chi connectivity index (χ0n) is 44.0. The van der Waals surface area contributed by atoms with Crippen LogP contribution in [0.3, 0.4) is 0 Å². The van der Waals surface area contributed by atoms with Gasteiger partial charge >= 0.3 is 51.2 Å². The molecule has 0 unspecified atom stereocenters. The molecule has 0 aliphatic carbocycles. The fraction of sp³-hybridized carbons (Fsp3) is 0.927. The average Bonchev–Trinajstić information content (AvgIpc) is 3.35. The van der Waals surface area contributed by atoms with Crippen LogP contribution in [0.1, 0.15) is 6.92 Å². The predicted octanol–water partition coefficient (Wildman–Crippen LogP) is -3.15. The molecule has 66 heavy (non-hydrogen) atoms. The summed E-state index contributed by atoms with van der Waals surface area (Å²) in [4.78, 5) is 29.6. The smallest absolute Gasteiger partial charge is 0.412 e. The number of hydrogen-bond acceptors (Lipinski definition) is 14. The maximum Gasteiger partial charge on any atom is 3.00 e. The van der Waals surface area contributed by atoms with Gasteiger partial charge in [0.05, 0.1) is 0 Å². The predicted molar refractivity (Wildman–Crippen MR) is 271 cm³/mol. The summed E-state index contributed by atoms with van der Waals surface area (Å²) in [6.45, 7) is 32.4. The molecular formula is C41H107Cl2Mn4N12O7+6. The Balaban J connectivity index is -0.0000000532. The standard InChI is InChI=1S/C18H40N6.2C9H21N3.C2H6O2.3CH3.Cl2.4Mn.5H2O/c1-19-5-6-20(2)10-14-23(13-9-19)17-18-24-15-11-21(3)7-8-22(4)12-16-24;2*1-10-4-6-11(2)8-9-12(3)7-5-10;1-2(3)4;;;;1-2;;;;;;;;;/h5-18H2,1-4H3;2*4-9H2,1-3H3;2-4H,1H3;3*1H3;;;;;;5*1H2/q;;;;3*-1;;;3*+3;;;;;. The minimum atomic E-state index is -1.17. The Bertz CT molecular complexity index is 723. The molecule has 0 aromatic carbocycles. The number of hydrogen-bond donors (Lipinski definition) is 2. The van der Waals surface area contributed by atoms with E-state index in [1.165, 1.54) is 177 Å². The molecule has 0 spiro atoms. The van der Waals surface area contributed by atoms with Gasteiger partial charge in [-0.2, -0.15) is 0 Å². The second-order valence-electron chi connectivity index (χ2n) is 16.3. The van der Waals surface area contributed by atoms with Gasteiger partial charge in [0.2, 0.25) is 0 Å². The molecule has 409 valence electrons. The van der Waals surface area contributed by atoms with E-state index in [0.717, 1.165) is 0 Å². The summed E-state index contributed by atoms with van der Waals surface area (Å²) >= 11 is 0. The number of aliphatic hydroxyl groups is 2. The molecule has 12 N–H and O–H groups in total. The zero-order chi connectivity index (χ0) is 40.9. The van der Waals surface area contributed by atoms with Gasteiger partial charge in [-0.15, -0.1) is 0 Å². The summed E-state index contributed by atoms with van der Waals surface area (Å²) in [5.41, 5.74) is 0. The maximum atomic E-state index is 7.61. The Morgan fingerprint density at radius 2 is 0.379 bits per heavy atom. The van der Waals surface area contributed by atoms with Crippen LogP contribution >= 0.6 is 21.7 Å². The summed E-state index contributed by atoms with van der Waals surface area (Å²) in [7, 11) is 30.4. The molecule has 0 aromatic heterocycles. The van der Waals surface area contributed by atoms with Crippen LogP contribution in [-0.2, 0) is 68.3 Å². The van der Waals surface area contributed by atoms with Crippen LogP contribution in [0.25, 0.3) is 0 Å². The molecular weight excluding hydrogens is 1060 g/mol. The number of nitrogens with zero attached hydrogens (tertiary/aromatic N) is 12. The topological polar surface area (TPSA) is 237 Å². The first-order valence-corrected chi connectivity index (χ1v) is 21.6. The molecule has 25 heteroatoms. The molecule has 4 fully saturated rings. The largest absolute Gasteiger partial charge is 3.00 e. The van der Waals surface area contributed by atoms with Crippen molar-refractivity contribution in [2.45, 2.75) is 13.2 Å². The van der Waals surface area contributed by atoms with Gasteiger partial charge in [0.1, 0.15) is 6.29 Å². The van der Waals surface area contributed by atoms with Gasteiger partial charge in [0.25, 0.3) is 0 Å². The Hall–Kier alpha value is 1.90. The van der Waals surface area contributed by atoms with Gasteiger partial charge in [-0.05, 0) is 77.4 Å². The van der Waals surface area contributed by atoms with E-state index >= 15 is 0 Å². The van der Waals surface area contributed by atoms with Crippen molar-refractivity contribution in [1.82, 2.24) is 58.8 Å². The van der Waals surface area contributed by atoms with Crippen LogP contribution in [0.2, 0.25) is 0 Å². The molecule has 19 nitrogen and oxygen atoms in total. The van der Waals surface area contributed by atoms with E-state index in [1.807, 2.05) is 0 Å². The van der Waals surface area contributed by atoms with Crippen molar-refractivity contribution in [2.75, 3.05) is 241 Å². The fourth-order valence-corrected chi connectivity index (χ4v) is 6.05. The monoisotopic (exact) mass is 1170 g/mol. The summed E-state index contributed by atoms with van der Waals surface area (Å²) in [6.07, 6.45) is -1.17. The van der Waals surface area contributed by atoms with E-state index in [9.17, 15) is 0 Å². The van der Waals surface area contributed by atoms with Crippen LogP contribution in [0.5, 0.6) is 0 Å². The van der Waals surface area contributed by atoms with Gasteiger partial charge in [-0.25, -0.2) is 0 Å². The van der Waals surface area contributed by atoms with Crippen molar-refractivity contribution < 1.29 is 106 Å². The fourth-order valence-electron chi connectivity index (χ4n) is 6.05. The van der Waals surface area contributed by atoms with E-state index in [-0.39, 0.29) is 118 Å². The molecule has 4 aliphatic rings. The quantitative estimate of drug-likeness (QED) is 0.162. The number of aliphatic hydroxyl groups excluding tert-OH is 1. The van der Waals surface area contributed by atoms with Crippen molar-refractivity contribution in [1.29, 1.82) is 0 Å². The number of rotatable bonds is 3. The minimum Gasteiger partial charge on any atom is -0.412 e. The van der Waals surface area contributed by atoms with Gasteiger partial charge in [-0.1, -0.05) is 0 Å². The molecule has 4 rings (SSSR count). The van der Waals surface area contributed by atoms with Gasteiger partial charge in [0, 0.05) is 209 Å². The molecule has 0 amide bonds. The molecule has 4 saturated heterocycles. The van der Waals surface area contributed by atoms with Crippen LogP contribution in [0.4, 0.5) is 0 Å². The Labute approximate surface area is 459 Å². The van der Waals surface area contributed by atoms with Gasteiger partial charge in [-0.3, -0.25) is 9.80 Å². The van der Waals surface area contributed by atoms with E-state index in [0.29, 0.717) is 0 Å². The van der Waals surface area contributed by atoms with E-state index in [2.05, 4.69) is 151 Å². The van der Waals surface area contributed by atoms with Crippen LogP contribution in [0.15, 0.2) is 0 Å². The molecule has 0 aromatic rings. The van der Waals surface area contributed by atoms with Gasteiger partial charge < -0.3 is 109 Å². The average molecular weight is 1170 g/mol. The first kappa shape index (κ1) is 101. The SMILES string of the molecule is CC(O)O.CN1CCN(C)CCN(C)CC1.CN1CCN(C)CCN(C)CC1.CN1CCN(C)CCN(CCN2CCN(C)CCN(C)CC2)CC1.ClCl.O.O.O.O.O.[CH3-].[CH3-].[CH3-].[Mn+3].[Mn+3].[Mn+3].[Mn]. The van der Waals surface area contributed by atoms with Gasteiger partial charge in [0.15, 0.2) is 0 Å². The first-order chi connectivity index (χ1) is 25.6. The van der Waals surface area contributed by atoms with E-state index < -0.39 is 6.29 Å². The third-order valence-corrected chi connectivity index (χ3v) is 10.8. The molecule has 0 atom stereocenters. The van der Waals surface area contributed by atoms with Crippen molar-refractivity contribution in [3.63, 3.8) is 0 Å². The molecule has 4 aliphatic heterocycles. The number of halogens is 2. The Kier molecular flexibility index (Phi) is 99.2. The van der Waals surface area contributed by atoms with Crippen LogP contribution in [-0.4, -0.2) is 343 Å². The Morgan fingerprint density at radius 1 is 0.303 bits per heavy atom. The Morgan fingerprint density at radius 3 is 0.470 bits per heavy atom. The summed E-state index contributed by atoms with van der Waals surface area (Å²) < 4.78 is 0. The third-order valence-electron chi connectivity index (χ3n) is 10.8. The summed E-state index contributed by atoms with van der Waals surface area (Å²) in [5.74, 6) is 0. The number of likely N-dealkylation sites (N-methyl/N-ethyl adjacent to an activating group) is 10. The van der Waals surface area contributed by atoms with E-state index in [4.69, 9.17) is 10.2 Å². The van der Waals surface area contributed by atoms with Crippen molar-refractivity contribution in [3.05, 3.63) is 22.3 Å². The van der Waals surface area contributed by atoms with Crippen molar-refractivity contribution in [2.24, 2.45) is 0 Å². The zero-order valence-corrected chi connectivity index (χ0v) is 50.2. The molecule has 4 heterocycles. The van der Waals surface area contributed by atoms with E-state index in [1.54, 1.807) is 0 Å². The van der Waals surface area contributed by atoms with Crippen molar-refractivity contribution >= 4 is 21.7 Å². The second kappa shape index (κ2) is 64.9. The van der Waals surface area contributed by atoms with Crippen LogP contribution in [0, 0.1) is 22.3 Å². The molecule has 1 radical (unpaired) electrons. The second-order valence-corrected chi connectivity index (χ2v) is 16.3. The first-order valence-electron chi connectivity index (χ1n) is 20.4. The minimum absolute atomic E-state index is 0. The third kappa shape index (κ3) is 62.0. The summed E-state index contributed by atoms with van der Waals surface area (Å²) in [6, 6.07) is 0. The molecule has 0 saturated carbocycles. The van der Waals surface area contributed by atoms with Crippen LogP contribution < -0.4 is 0 Å². The maximum absolute atomic E-state index is 7.61. The normalized spacial score (nSPS) is 20.0. The van der Waals surface area contributed by atoms with Crippen molar-refractivity contribution in [3.8, 4) is 0 Å². The summed E-state index contributed by atoms with van der Waals surface area (Å²) in [5, 5.41) is 15.2. The molecule has 0 bridgehead atoms.